The van der Waals surface area contributed by atoms with Crippen molar-refractivity contribution in [2.75, 3.05) is 5.32 Å². The second kappa shape index (κ2) is 6.10. The van der Waals surface area contributed by atoms with Crippen LogP contribution in [-0.4, -0.2) is 4.98 Å². The predicted octanol–water partition coefficient (Wildman–Crippen LogP) is 5.04. The highest BCUT2D eigenvalue weighted by Gasteiger charge is 2.04. The molecule has 0 aliphatic heterocycles. The van der Waals surface area contributed by atoms with Crippen molar-refractivity contribution in [3.8, 4) is 11.3 Å². The summed E-state index contributed by atoms with van der Waals surface area (Å²) >= 11 is 1.70. The Morgan fingerprint density at radius 3 is 2.43 bits per heavy atom. The van der Waals surface area contributed by atoms with Crippen LogP contribution in [0, 0.1) is 13.8 Å². The normalized spacial score (nSPS) is 10.6. The molecule has 0 atom stereocenters. The molecule has 0 fully saturated rings. The van der Waals surface area contributed by atoms with Gasteiger partial charge in [0.1, 0.15) is 5.01 Å². The molecule has 106 valence electrons. The molecule has 0 saturated heterocycles. The average molecular weight is 294 g/mol. The number of anilines is 1. The van der Waals surface area contributed by atoms with Crippen LogP contribution in [0.4, 0.5) is 5.69 Å². The fourth-order valence-corrected chi connectivity index (χ4v) is 3.13. The SMILES string of the molecule is Cc1cc(C)cc(NCc2nc(-c3ccccc3)cs2)c1. The van der Waals surface area contributed by atoms with Gasteiger partial charge in [-0.2, -0.15) is 0 Å². The number of nitrogens with zero attached hydrogens (tertiary/aromatic N) is 1. The second-order valence-electron chi connectivity index (χ2n) is 5.22. The summed E-state index contributed by atoms with van der Waals surface area (Å²) in [5, 5.41) is 6.68. The van der Waals surface area contributed by atoms with E-state index >= 15 is 0 Å². The lowest BCUT2D eigenvalue weighted by atomic mass is 10.1. The largest absolute Gasteiger partial charge is 0.379 e. The Morgan fingerprint density at radius 1 is 1.00 bits per heavy atom. The molecule has 0 radical (unpaired) electrons. The number of hydrogen-bond acceptors (Lipinski definition) is 3. The summed E-state index contributed by atoms with van der Waals surface area (Å²) in [7, 11) is 0. The second-order valence-corrected chi connectivity index (χ2v) is 6.17. The van der Waals surface area contributed by atoms with Crippen LogP contribution in [-0.2, 0) is 6.54 Å². The van der Waals surface area contributed by atoms with Crippen LogP contribution >= 0.6 is 11.3 Å². The van der Waals surface area contributed by atoms with Gasteiger partial charge in [-0.05, 0) is 37.1 Å². The van der Waals surface area contributed by atoms with Crippen LogP contribution in [0.2, 0.25) is 0 Å². The lowest BCUT2D eigenvalue weighted by Gasteiger charge is -2.06. The summed E-state index contributed by atoms with van der Waals surface area (Å²) < 4.78 is 0. The quantitative estimate of drug-likeness (QED) is 0.729. The van der Waals surface area contributed by atoms with Gasteiger partial charge in [-0.1, -0.05) is 36.4 Å². The molecule has 0 amide bonds. The molecule has 0 saturated carbocycles. The van der Waals surface area contributed by atoms with Gasteiger partial charge in [0.25, 0.3) is 0 Å². The predicted molar refractivity (Wildman–Crippen MR) is 90.8 cm³/mol. The Morgan fingerprint density at radius 2 is 1.71 bits per heavy atom. The van der Waals surface area contributed by atoms with Crippen molar-refractivity contribution < 1.29 is 0 Å². The third-order valence-corrected chi connectivity index (χ3v) is 4.14. The molecule has 2 nitrogen and oxygen atoms in total. The highest BCUT2D eigenvalue weighted by Crippen LogP contribution is 2.22. The van der Waals surface area contributed by atoms with E-state index in [2.05, 4.69) is 54.9 Å². The minimum absolute atomic E-state index is 0.764. The van der Waals surface area contributed by atoms with Gasteiger partial charge in [0.15, 0.2) is 0 Å². The van der Waals surface area contributed by atoms with E-state index in [1.165, 1.54) is 16.7 Å². The van der Waals surface area contributed by atoms with E-state index < -0.39 is 0 Å². The monoisotopic (exact) mass is 294 g/mol. The van der Waals surface area contributed by atoms with E-state index in [1.54, 1.807) is 11.3 Å². The molecule has 3 heteroatoms. The highest BCUT2D eigenvalue weighted by atomic mass is 32.1. The number of aromatic nitrogens is 1. The third kappa shape index (κ3) is 3.50. The van der Waals surface area contributed by atoms with Crippen molar-refractivity contribution in [3.05, 3.63) is 70.0 Å². The first kappa shape index (κ1) is 13.8. The minimum atomic E-state index is 0.764. The zero-order valence-electron chi connectivity index (χ0n) is 12.3. The third-order valence-electron chi connectivity index (χ3n) is 3.29. The molecule has 0 aliphatic carbocycles. The van der Waals surface area contributed by atoms with E-state index in [1.807, 2.05) is 18.2 Å². The summed E-state index contributed by atoms with van der Waals surface area (Å²) in [5.41, 5.74) is 5.94. The van der Waals surface area contributed by atoms with Crippen molar-refractivity contribution in [2.24, 2.45) is 0 Å². The highest BCUT2D eigenvalue weighted by molar-refractivity contribution is 7.09. The standard InChI is InChI=1S/C18H18N2S/c1-13-8-14(2)10-16(9-13)19-11-18-20-17(12-21-18)15-6-4-3-5-7-15/h3-10,12,19H,11H2,1-2H3. The maximum absolute atomic E-state index is 4.70. The number of nitrogens with one attached hydrogen (secondary N) is 1. The van der Waals surface area contributed by atoms with Crippen LogP contribution in [0.3, 0.4) is 0 Å². The summed E-state index contributed by atoms with van der Waals surface area (Å²) in [6, 6.07) is 16.8. The molecule has 21 heavy (non-hydrogen) atoms. The van der Waals surface area contributed by atoms with E-state index in [0.29, 0.717) is 0 Å². The lowest BCUT2D eigenvalue weighted by molar-refractivity contribution is 1.10. The summed E-state index contributed by atoms with van der Waals surface area (Å²) in [4.78, 5) is 4.70. The Labute approximate surface area is 129 Å². The van der Waals surface area contributed by atoms with Crippen LogP contribution in [0.25, 0.3) is 11.3 Å². The maximum Gasteiger partial charge on any atom is 0.112 e. The van der Waals surface area contributed by atoms with Gasteiger partial charge in [-0.25, -0.2) is 4.98 Å². The van der Waals surface area contributed by atoms with Gasteiger partial charge in [0, 0.05) is 16.6 Å². The molecule has 3 aromatic rings. The van der Waals surface area contributed by atoms with Gasteiger partial charge >= 0.3 is 0 Å². The molecule has 0 aliphatic rings. The number of hydrogen-bond donors (Lipinski definition) is 1. The Hall–Kier alpha value is -2.13. The van der Waals surface area contributed by atoms with Crippen molar-refractivity contribution >= 4 is 17.0 Å². The molecular weight excluding hydrogens is 276 g/mol. The summed E-state index contributed by atoms with van der Waals surface area (Å²) in [6.07, 6.45) is 0. The van der Waals surface area contributed by atoms with E-state index in [9.17, 15) is 0 Å². The molecule has 0 unspecified atom stereocenters. The van der Waals surface area contributed by atoms with E-state index in [0.717, 1.165) is 22.9 Å². The zero-order valence-corrected chi connectivity index (χ0v) is 13.1. The molecule has 1 heterocycles. The molecule has 0 bridgehead atoms. The number of thiazole rings is 1. The number of aryl methyl sites for hydroxylation is 2. The molecule has 1 aromatic heterocycles. The van der Waals surface area contributed by atoms with Gasteiger partial charge in [0.05, 0.1) is 12.2 Å². The van der Waals surface area contributed by atoms with Crippen molar-refractivity contribution in [1.29, 1.82) is 0 Å². The zero-order chi connectivity index (χ0) is 14.7. The fraction of sp³-hybridized carbons (Fsp3) is 0.167. The summed E-state index contributed by atoms with van der Waals surface area (Å²) in [6.45, 7) is 5.00. The number of benzene rings is 2. The summed E-state index contributed by atoms with van der Waals surface area (Å²) in [5.74, 6) is 0. The Kier molecular flexibility index (Phi) is 4.02. The van der Waals surface area contributed by atoms with Crippen molar-refractivity contribution in [1.82, 2.24) is 4.98 Å². The van der Waals surface area contributed by atoms with E-state index in [-0.39, 0.29) is 0 Å². The van der Waals surface area contributed by atoms with E-state index in [4.69, 9.17) is 4.98 Å². The molecule has 1 N–H and O–H groups in total. The Bertz CT molecular complexity index is 712. The number of rotatable bonds is 4. The van der Waals surface area contributed by atoms with Crippen molar-refractivity contribution in [3.63, 3.8) is 0 Å². The molecule has 0 spiro atoms. The Balaban J connectivity index is 1.70. The minimum Gasteiger partial charge on any atom is -0.379 e. The lowest BCUT2D eigenvalue weighted by Crippen LogP contribution is -1.99. The fourth-order valence-electron chi connectivity index (χ4n) is 2.39. The molecule has 2 aromatic carbocycles. The van der Waals surface area contributed by atoms with Gasteiger partial charge in [0.2, 0.25) is 0 Å². The van der Waals surface area contributed by atoms with Gasteiger partial charge in [-0.15, -0.1) is 11.3 Å². The maximum atomic E-state index is 4.70. The van der Waals surface area contributed by atoms with Crippen LogP contribution in [0.1, 0.15) is 16.1 Å². The van der Waals surface area contributed by atoms with Gasteiger partial charge < -0.3 is 5.32 Å². The first-order chi connectivity index (χ1) is 10.2. The van der Waals surface area contributed by atoms with Crippen LogP contribution < -0.4 is 5.32 Å². The van der Waals surface area contributed by atoms with Crippen molar-refractivity contribution in [2.45, 2.75) is 20.4 Å². The molecular formula is C18H18N2S. The topological polar surface area (TPSA) is 24.9 Å². The smallest absolute Gasteiger partial charge is 0.112 e. The molecule has 3 rings (SSSR count). The first-order valence-corrected chi connectivity index (χ1v) is 7.91. The average Bonchev–Trinajstić information content (AvgIpc) is 2.94. The first-order valence-electron chi connectivity index (χ1n) is 7.03. The van der Waals surface area contributed by atoms with Crippen LogP contribution in [0.5, 0.6) is 0 Å². The van der Waals surface area contributed by atoms with Crippen LogP contribution in [0.15, 0.2) is 53.9 Å². The van der Waals surface area contributed by atoms with Gasteiger partial charge in [-0.3, -0.25) is 0 Å².